The van der Waals surface area contributed by atoms with E-state index >= 15 is 0 Å². The lowest BCUT2D eigenvalue weighted by molar-refractivity contribution is -0.140. The molecule has 0 saturated carbocycles. The first-order chi connectivity index (χ1) is 15.9. The molecule has 2 aromatic heterocycles. The number of rotatable bonds is 7. The fourth-order valence-corrected chi connectivity index (χ4v) is 4.86. The number of ether oxygens (including phenoxy) is 2. The molecule has 172 valence electrons. The summed E-state index contributed by atoms with van der Waals surface area (Å²) in [6, 6.07) is 15.8. The largest absolute Gasteiger partial charge is 0.497 e. The van der Waals surface area contributed by atoms with Crippen molar-refractivity contribution in [3.63, 3.8) is 0 Å². The van der Waals surface area contributed by atoms with E-state index in [4.69, 9.17) is 21.7 Å². The maximum absolute atomic E-state index is 11.9. The Morgan fingerprint density at radius 2 is 1.97 bits per heavy atom. The fraction of sp³-hybridized carbons (Fsp3) is 0.320. The van der Waals surface area contributed by atoms with Gasteiger partial charge in [0.15, 0.2) is 5.11 Å². The molecule has 1 saturated heterocycles. The molecule has 1 aromatic carbocycles. The van der Waals surface area contributed by atoms with Gasteiger partial charge in [-0.15, -0.1) is 0 Å². The maximum atomic E-state index is 11.9. The SMILES string of the molecule is COC(=O)CCN1C(=S)NC(c2ccccn2)C1c1cc(C)n(-c2cccc(OC)c2)c1C. The van der Waals surface area contributed by atoms with Crippen molar-refractivity contribution in [1.82, 2.24) is 19.8 Å². The normalized spacial score (nSPS) is 17.7. The second-order valence-corrected chi connectivity index (χ2v) is 8.40. The summed E-state index contributed by atoms with van der Waals surface area (Å²) in [4.78, 5) is 18.6. The molecule has 0 radical (unpaired) electrons. The highest BCUT2D eigenvalue weighted by Crippen LogP contribution is 2.41. The van der Waals surface area contributed by atoms with E-state index in [1.165, 1.54) is 7.11 Å². The summed E-state index contributed by atoms with van der Waals surface area (Å²) in [6.45, 7) is 4.65. The Morgan fingerprint density at radius 3 is 2.67 bits per heavy atom. The number of nitrogens with one attached hydrogen (secondary N) is 1. The monoisotopic (exact) mass is 464 g/mol. The molecule has 2 atom stereocenters. The number of methoxy groups -OCH3 is 2. The zero-order valence-corrected chi connectivity index (χ0v) is 20.1. The van der Waals surface area contributed by atoms with Crippen molar-refractivity contribution in [3.05, 3.63) is 77.4 Å². The van der Waals surface area contributed by atoms with Crippen molar-refractivity contribution < 1.29 is 14.3 Å². The number of pyridine rings is 1. The van der Waals surface area contributed by atoms with Crippen LogP contribution in [0, 0.1) is 13.8 Å². The van der Waals surface area contributed by atoms with Crippen LogP contribution in [0.4, 0.5) is 0 Å². The lowest BCUT2D eigenvalue weighted by atomic mass is 9.96. The van der Waals surface area contributed by atoms with Crippen molar-refractivity contribution in [3.8, 4) is 11.4 Å². The Balaban J connectivity index is 1.79. The number of aromatic nitrogens is 2. The smallest absolute Gasteiger partial charge is 0.307 e. The molecule has 1 N–H and O–H groups in total. The molecule has 1 aliphatic rings. The van der Waals surface area contributed by atoms with Gasteiger partial charge >= 0.3 is 5.97 Å². The van der Waals surface area contributed by atoms with Crippen LogP contribution < -0.4 is 10.1 Å². The second-order valence-electron chi connectivity index (χ2n) is 8.01. The van der Waals surface area contributed by atoms with Gasteiger partial charge in [0.25, 0.3) is 0 Å². The van der Waals surface area contributed by atoms with Crippen LogP contribution in [0.2, 0.25) is 0 Å². The number of nitrogens with zero attached hydrogens (tertiary/aromatic N) is 3. The zero-order valence-electron chi connectivity index (χ0n) is 19.2. The Bertz CT molecular complexity index is 1160. The average molecular weight is 465 g/mol. The third-order valence-corrected chi connectivity index (χ3v) is 6.44. The van der Waals surface area contributed by atoms with Crippen LogP contribution in [0.3, 0.4) is 0 Å². The number of aryl methyl sites for hydroxylation is 1. The zero-order chi connectivity index (χ0) is 23.5. The lowest BCUT2D eigenvalue weighted by Gasteiger charge is -2.28. The number of hydrogen-bond donors (Lipinski definition) is 1. The summed E-state index contributed by atoms with van der Waals surface area (Å²) in [6.07, 6.45) is 2.03. The summed E-state index contributed by atoms with van der Waals surface area (Å²) in [7, 11) is 3.07. The van der Waals surface area contributed by atoms with Crippen molar-refractivity contribution in [2.75, 3.05) is 20.8 Å². The molecule has 0 spiro atoms. The van der Waals surface area contributed by atoms with E-state index in [-0.39, 0.29) is 24.5 Å². The highest BCUT2D eigenvalue weighted by molar-refractivity contribution is 7.80. The quantitative estimate of drug-likeness (QED) is 0.418. The lowest BCUT2D eigenvalue weighted by Crippen LogP contribution is -2.32. The fourth-order valence-electron chi connectivity index (χ4n) is 4.53. The average Bonchev–Trinajstić information content (AvgIpc) is 3.32. The number of hydrogen-bond acceptors (Lipinski definition) is 5. The Labute approximate surface area is 199 Å². The van der Waals surface area contributed by atoms with Gasteiger partial charge in [-0.3, -0.25) is 9.78 Å². The van der Waals surface area contributed by atoms with Gasteiger partial charge in [0.1, 0.15) is 5.75 Å². The molecular formula is C25H28N4O3S. The van der Waals surface area contributed by atoms with Crippen molar-refractivity contribution >= 4 is 23.3 Å². The Kier molecular flexibility index (Phi) is 6.65. The van der Waals surface area contributed by atoms with Crippen LogP contribution in [-0.2, 0) is 9.53 Å². The van der Waals surface area contributed by atoms with Gasteiger partial charge in [-0.1, -0.05) is 12.1 Å². The molecule has 3 aromatic rings. The first-order valence-corrected chi connectivity index (χ1v) is 11.2. The molecule has 4 rings (SSSR count). The van der Waals surface area contributed by atoms with Gasteiger partial charge in [0, 0.05) is 35.9 Å². The van der Waals surface area contributed by atoms with Crippen LogP contribution in [-0.4, -0.2) is 46.3 Å². The second kappa shape index (κ2) is 9.62. The summed E-state index contributed by atoms with van der Waals surface area (Å²) < 4.78 is 12.5. The first-order valence-electron chi connectivity index (χ1n) is 10.8. The van der Waals surface area contributed by atoms with E-state index < -0.39 is 0 Å². The number of esters is 1. The van der Waals surface area contributed by atoms with E-state index in [0.717, 1.165) is 34.1 Å². The molecule has 0 aliphatic carbocycles. The molecule has 33 heavy (non-hydrogen) atoms. The van der Waals surface area contributed by atoms with Crippen molar-refractivity contribution in [1.29, 1.82) is 0 Å². The number of benzene rings is 1. The molecule has 8 heteroatoms. The van der Waals surface area contributed by atoms with Crippen LogP contribution in [0.25, 0.3) is 5.69 Å². The van der Waals surface area contributed by atoms with Crippen molar-refractivity contribution in [2.24, 2.45) is 0 Å². The van der Waals surface area contributed by atoms with E-state index in [0.29, 0.717) is 11.7 Å². The van der Waals surface area contributed by atoms with E-state index in [9.17, 15) is 4.79 Å². The van der Waals surface area contributed by atoms with Crippen LogP contribution >= 0.6 is 12.2 Å². The number of carbonyl (C=O) groups is 1. The standard InChI is InChI=1S/C25H28N4O3S/c1-16-14-20(17(2)29(16)18-8-7-9-19(15-18)31-3)24-23(21-10-5-6-12-26-21)27-25(33)28(24)13-11-22(30)32-4/h5-10,12,14-15,23-24H,11,13H2,1-4H3,(H,27,33). The minimum atomic E-state index is -0.264. The van der Waals surface area contributed by atoms with Gasteiger partial charge < -0.3 is 24.3 Å². The van der Waals surface area contributed by atoms with Crippen LogP contribution in [0.5, 0.6) is 5.75 Å². The van der Waals surface area contributed by atoms with Gasteiger partial charge in [-0.05, 0) is 62.0 Å². The van der Waals surface area contributed by atoms with E-state index in [1.807, 2.05) is 36.4 Å². The van der Waals surface area contributed by atoms with Gasteiger partial charge in [-0.25, -0.2) is 0 Å². The minimum Gasteiger partial charge on any atom is -0.497 e. The maximum Gasteiger partial charge on any atom is 0.307 e. The first kappa shape index (κ1) is 22.8. The van der Waals surface area contributed by atoms with Gasteiger partial charge in [0.05, 0.1) is 38.4 Å². The van der Waals surface area contributed by atoms with Gasteiger partial charge in [-0.2, -0.15) is 0 Å². The highest BCUT2D eigenvalue weighted by atomic mass is 32.1. The van der Waals surface area contributed by atoms with E-state index in [2.05, 4.69) is 45.7 Å². The molecule has 1 aliphatic heterocycles. The third kappa shape index (κ3) is 4.43. The molecule has 7 nitrogen and oxygen atoms in total. The molecule has 1 fully saturated rings. The molecule has 3 heterocycles. The number of thiocarbonyl (C=S) groups is 1. The Morgan fingerprint density at radius 1 is 1.15 bits per heavy atom. The summed E-state index contributed by atoms with van der Waals surface area (Å²) in [5, 5.41) is 4.04. The summed E-state index contributed by atoms with van der Waals surface area (Å²) in [5.41, 5.74) is 5.25. The van der Waals surface area contributed by atoms with Crippen LogP contribution in [0.1, 0.15) is 41.1 Å². The third-order valence-electron chi connectivity index (χ3n) is 6.08. The number of carbonyl (C=O) groups excluding carboxylic acids is 1. The summed E-state index contributed by atoms with van der Waals surface area (Å²) >= 11 is 5.70. The molecule has 0 bridgehead atoms. The van der Waals surface area contributed by atoms with Crippen molar-refractivity contribution in [2.45, 2.75) is 32.4 Å². The molecular weight excluding hydrogens is 436 g/mol. The Hall–Kier alpha value is -3.39. The van der Waals surface area contributed by atoms with Crippen LogP contribution in [0.15, 0.2) is 54.7 Å². The topological polar surface area (TPSA) is 68.6 Å². The highest BCUT2D eigenvalue weighted by Gasteiger charge is 2.41. The molecule has 2 unspecified atom stereocenters. The minimum absolute atomic E-state index is 0.123. The molecule has 0 amide bonds. The summed E-state index contributed by atoms with van der Waals surface area (Å²) in [5.74, 6) is 0.538. The van der Waals surface area contributed by atoms with E-state index in [1.54, 1.807) is 13.3 Å². The predicted octanol–water partition coefficient (Wildman–Crippen LogP) is 4.03. The van der Waals surface area contributed by atoms with Gasteiger partial charge in [0.2, 0.25) is 0 Å². The predicted molar refractivity (Wildman–Crippen MR) is 131 cm³/mol.